The van der Waals surface area contributed by atoms with Gasteiger partial charge >= 0.3 is 0 Å². The van der Waals surface area contributed by atoms with E-state index in [1.807, 2.05) is 18.0 Å². The third-order valence-electron chi connectivity index (χ3n) is 4.25. The topological polar surface area (TPSA) is 45.7 Å². The molecule has 0 aromatic carbocycles. The highest BCUT2D eigenvalue weighted by atomic mass is 16.5. The Kier molecular flexibility index (Phi) is 3.99. The smallest absolute Gasteiger partial charge is 0.222 e. The molecule has 2 aliphatic heterocycles. The van der Waals surface area contributed by atoms with E-state index in [2.05, 4.69) is 22.9 Å². The standard InChI is InChI=1S/C16H23N3O2/c1-3-4-15(20)18-6-7-19-13(11-18)5-8-21-14-9-12(2)10-17-16(14)19/h9-10,13H,3-8,11H2,1-2H3/t13-/m1/s1. The molecule has 1 saturated heterocycles. The van der Waals surface area contributed by atoms with Gasteiger partial charge in [-0.3, -0.25) is 4.79 Å². The van der Waals surface area contributed by atoms with Crippen LogP contribution in [0.15, 0.2) is 12.3 Å². The molecule has 5 nitrogen and oxygen atoms in total. The van der Waals surface area contributed by atoms with E-state index in [-0.39, 0.29) is 5.91 Å². The number of aromatic nitrogens is 1. The van der Waals surface area contributed by atoms with Gasteiger partial charge in [0.15, 0.2) is 11.6 Å². The minimum Gasteiger partial charge on any atom is -0.490 e. The third kappa shape index (κ3) is 2.82. The van der Waals surface area contributed by atoms with Gasteiger partial charge in [-0.2, -0.15) is 0 Å². The number of carbonyl (C=O) groups excluding carboxylic acids is 1. The van der Waals surface area contributed by atoms with Crippen LogP contribution in [0.25, 0.3) is 0 Å². The highest BCUT2D eigenvalue weighted by Crippen LogP contribution is 2.33. The van der Waals surface area contributed by atoms with Crippen LogP contribution in [0.4, 0.5) is 5.82 Å². The Bertz CT molecular complexity index is 532. The van der Waals surface area contributed by atoms with E-state index in [1.54, 1.807) is 0 Å². The average Bonchev–Trinajstić information content (AvgIpc) is 2.65. The van der Waals surface area contributed by atoms with Crippen molar-refractivity contribution in [2.75, 3.05) is 31.1 Å². The number of pyridine rings is 1. The molecule has 0 aliphatic carbocycles. The molecule has 5 heteroatoms. The maximum atomic E-state index is 12.1. The van der Waals surface area contributed by atoms with Gasteiger partial charge in [0.05, 0.1) is 12.6 Å². The normalized spacial score (nSPS) is 21.1. The molecule has 2 aliphatic rings. The first kappa shape index (κ1) is 14.2. The van der Waals surface area contributed by atoms with Crippen molar-refractivity contribution < 1.29 is 9.53 Å². The number of nitrogens with zero attached hydrogens (tertiary/aromatic N) is 3. The first-order valence-electron chi connectivity index (χ1n) is 7.83. The van der Waals surface area contributed by atoms with Crippen LogP contribution in [-0.4, -0.2) is 48.1 Å². The lowest BCUT2D eigenvalue weighted by Crippen LogP contribution is -2.55. The summed E-state index contributed by atoms with van der Waals surface area (Å²) in [5.74, 6) is 2.09. The molecule has 0 unspecified atom stereocenters. The molecular weight excluding hydrogens is 266 g/mol. The highest BCUT2D eigenvalue weighted by Gasteiger charge is 2.33. The second-order valence-electron chi connectivity index (χ2n) is 5.91. The Hall–Kier alpha value is -1.78. The van der Waals surface area contributed by atoms with Gasteiger partial charge < -0.3 is 14.5 Å². The van der Waals surface area contributed by atoms with Crippen molar-refractivity contribution in [3.8, 4) is 5.75 Å². The number of aryl methyl sites for hydroxylation is 1. The third-order valence-corrected chi connectivity index (χ3v) is 4.25. The van der Waals surface area contributed by atoms with Crippen molar-refractivity contribution in [3.63, 3.8) is 0 Å². The lowest BCUT2D eigenvalue weighted by Gasteiger charge is -2.41. The van der Waals surface area contributed by atoms with E-state index in [0.717, 1.165) is 49.6 Å². The summed E-state index contributed by atoms with van der Waals surface area (Å²) in [4.78, 5) is 21.0. The van der Waals surface area contributed by atoms with E-state index in [9.17, 15) is 4.79 Å². The fraction of sp³-hybridized carbons (Fsp3) is 0.625. The number of fused-ring (bicyclic) bond motifs is 3. The number of hydrogen-bond acceptors (Lipinski definition) is 4. The Labute approximate surface area is 125 Å². The molecule has 21 heavy (non-hydrogen) atoms. The monoisotopic (exact) mass is 289 g/mol. The number of carbonyl (C=O) groups is 1. The predicted molar refractivity (Wildman–Crippen MR) is 81.7 cm³/mol. The summed E-state index contributed by atoms with van der Waals surface area (Å²) < 4.78 is 5.86. The van der Waals surface area contributed by atoms with Crippen LogP contribution in [0.2, 0.25) is 0 Å². The zero-order valence-electron chi connectivity index (χ0n) is 12.8. The number of rotatable bonds is 2. The molecule has 0 spiro atoms. The average molecular weight is 289 g/mol. The lowest BCUT2D eigenvalue weighted by molar-refractivity contribution is -0.132. The van der Waals surface area contributed by atoms with Crippen molar-refractivity contribution in [1.29, 1.82) is 0 Å². The molecule has 0 bridgehead atoms. The van der Waals surface area contributed by atoms with Gasteiger partial charge in [0.25, 0.3) is 0 Å². The number of ether oxygens (including phenoxy) is 1. The van der Waals surface area contributed by atoms with Crippen molar-refractivity contribution in [1.82, 2.24) is 9.88 Å². The molecule has 1 fully saturated rings. The number of hydrogen-bond donors (Lipinski definition) is 0. The molecule has 0 saturated carbocycles. The number of anilines is 1. The Morgan fingerprint density at radius 1 is 1.48 bits per heavy atom. The molecule has 1 aromatic heterocycles. The van der Waals surface area contributed by atoms with Crippen LogP contribution in [0, 0.1) is 6.92 Å². The van der Waals surface area contributed by atoms with Gasteiger partial charge in [-0.1, -0.05) is 6.92 Å². The summed E-state index contributed by atoms with van der Waals surface area (Å²) in [6.07, 6.45) is 4.39. The van der Waals surface area contributed by atoms with E-state index >= 15 is 0 Å². The molecule has 1 atom stereocenters. The zero-order chi connectivity index (χ0) is 14.8. The van der Waals surface area contributed by atoms with E-state index in [0.29, 0.717) is 19.1 Å². The van der Waals surface area contributed by atoms with Gasteiger partial charge in [-0.15, -0.1) is 0 Å². The zero-order valence-corrected chi connectivity index (χ0v) is 12.8. The highest BCUT2D eigenvalue weighted by molar-refractivity contribution is 5.76. The second kappa shape index (κ2) is 5.92. The summed E-state index contributed by atoms with van der Waals surface area (Å²) in [6.45, 7) is 7.18. The van der Waals surface area contributed by atoms with Crippen LogP contribution < -0.4 is 9.64 Å². The summed E-state index contributed by atoms with van der Waals surface area (Å²) in [7, 11) is 0. The SMILES string of the molecule is CCCC(=O)N1CCN2c3ncc(C)cc3OCC[C@@H]2C1. The van der Waals surface area contributed by atoms with Crippen molar-refractivity contribution in [3.05, 3.63) is 17.8 Å². The van der Waals surface area contributed by atoms with Crippen LogP contribution in [0.5, 0.6) is 5.75 Å². The molecule has 3 rings (SSSR count). The van der Waals surface area contributed by atoms with E-state index < -0.39 is 0 Å². The van der Waals surface area contributed by atoms with Crippen LogP contribution in [-0.2, 0) is 4.79 Å². The summed E-state index contributed by atoms with van der Waals surface area (Å²) >= 11 is 0. The maximum absolute atomic E-state index is 12.1. The van der Waals surface area contributed by atoms with E-state index in [4.69, 9.17) is 4.74 Å². The van der Waals surface area contributed by atoms with Crippen LogP contribution in [0.1, 0.15) is 31.7 Å². The first-order valence-corrected chi connectivity index (χ1v) is 7.83. The Morgan fingerprint density at radius 2 is 2.33 bits per heavy atom. The second-order valence-corrected chi connectivity index (χ2v) is 5.91. The quantitative estimate of drug-likeness (QED) is 0.835. The van der Waals surface area contributed by atoms with Gasteiger partial charge in [-0.05, 0) is 25.0 Å². The van der Waals surface area contributed by atoms with Gasteiger partial charge in [0, 0.05) is 38.7 Å². The maximum Gasteiger partial charge on any atom is 0.222 e. The number of amides is 1. The molecule has 0 radical (unpaired) electrons. The Balaban J connectivity index is 1.79. The van der Waals surface area contributed by atoms with Gasteiger partial charge in [0.2, 0.25) is 5.91 Å². The predicted octanol–water partition coefficient (Wildman–Crippen LogP) is 1.99. The summed E-state index contributed by atoms with van der Waals surface area (Å²) in [5.41, 5.74) is 1.11. The lowest BCUT2D eigenvalue weighted by atomic mass is 10.1. The van der Waals surface area contributed by atoms with Crippen molar-refractivity contribution in [2.24, 2.45) is 0 Å². The van der Waals surface area contributed by atoms with Gasteiger partial charge in [-0.25, -0.2) is 4.98 Å². The van der Waals surface area contributed by atoms with Crippen LogP contribution >= 0.6 is 0 Å². The molecule has 3 heterocycles. The summed E-state index contributed by atoms with van der Waals surface area (Å²) in [5, 5.41) is 0. The minimum atomic E-state index is 0.277. The van der Waals surface area contributed by atoms with Crippen molar-refractivity contribution >= 4 is 11.7 Å². The molecule has 114 valence electrons. The van der Waals surface area contributed by atoms with Gasteiger partial charge in [0.1, 0.15) is 0 Å². The van der Waals surface area contributed by atoms with Crippen LogP contribution in [0.3, 0.4) is 0 Å². The number of piperazine rings is 1. The molecule has 1 aromatic rings. The fourth-order valence-corrected chi connectivity index (χ4v) is 3.14. The van der Waals surface area contributed by atoms with Crippen molar-refractivity contribution in [2.45, 2.75) is 39.2 Å². The largest absolute Gasteiger partial charge is 0.490 e. The summed E-state index contributed by atoms with van der Waals surface area (Å²) in [6, 6.07) is 2.37. The molecule has 1 amide bonds. The Morgan fingerprint density at radius 3 is 3.14 bits per heavy atom. The fourth-order valence-electron chi connectivity index (χ4n) is 3.14. The minimum absolute atomic E-state index is 0.277. The molecule has 0 N–H and O–H groups in total. The van der Waals surface area contributed by atoms with E-state index in [1.165, 1.54) is 0 Å². The molecular formula is C16H23N3O2. The first-order chi connectivity index (χ1) is 10.2.